The number of hydrogen-bond donors (Lipinski definition) is 1. The number of nitrogens with zero attached hydrogens (tertiary/aromatic N) is 3. The van der Waals surface area contributed by atoms with Crippen molar-refractivity contribution in [3.63, 3.8) is 0 Å². The number of piperidine rings is 2. The Morgan fingerprint density at radius 1 is 1.17 bits per heavy atom. The minimum absolute atomic E-state index is 0.287. The normalized spacial score (nSPS) is 25.9. The Kier molecular flexibility index (Phi) is 5.82. The molecular formula is C25H32N4O. The highest BCUT2D eigenvalue weighted by atomic mass is 16.2. The maximum absolute atomic E-state index is 12.8. The summed E-state index contributed by atoms with van der Waals surface area (Å²) in [4.78, 5) is 21.7. The van der Waals surface area contributed by atoms with E-state index >= 15 is 0 Å². The van der Waals surface area contributed by atoms with E-state index in [0.717, 1.165) is 57.0 Å². The van der Waals surface area contributed by atoms with E-state index in [-0.39, 0.29) is 5.91 Å². The fourth-order valence-corrected chi connectivity index (χ4v) is 5.69. The zero-order valence-corrected chi connectivity index (χ0v) is 17.7. The van der Waals surface area contributed by atoms with Gasteiger partial charge in [-0.15, -0.1) is 0 Å². The molecule has 30 heavy (non-hydrogen) atoms. The van der Waals surface area contributed by atoms with Gasteiger partial charge in [-0.3, -0.25) is 14.7 Å². The third-order valence-corrected chi connectivity index (χ3v) is 7.11. The molecule has 5 rings (SSSR count). The first kappa shape index (κ1) is 19.7. The Morgan fingerprint density at radius 2 is 2.10 bits per heavy atom. The molecule has 2 saturated heterocycles. The Morgan fingerprint density at radius 3 is 3.00 bits per heavy atom. The van der Waals surface area contributed by atoms with Crippen LogP contribution in [0.4, 0.5) is 5.69 Å². The van der Waals surface area contributed by atoms with Gasteiger partial charge in [0, 0.05) is 56.7 Å². The molecule has 2 fully saturated rings. The van der Waals surface area contributed by atoms with Gasteiger partial charge in [0.25, 0.3) is 0 Å². The van der Waals surface area contributed by atoms with Crippen molar-refractivity contribution in [2.75, 3.05) is 31.1 Å². The van der Waals surface area contributed by atoms with Gasteiger partial charge >= 0.3 is 0 Å². The average Bonchev–Trinajstić information content (AvgIpc) is 3.20. The minimum Gasteiger partial charge on any atom is -0.313 e. The van der Waals surface area contributed by atoms with Crippen LogP contribution in [0.15, 0.2) is 48.8 Å². The van der Waals surface area contributed by atoms with Gasteiger partial charge in [0.1, 0.15) is 0 Å². The molecule has 2 aromatic rings. The van der Waals surface area contributed by atoms with Crippen molar-refractivity contribution >= 4 is 11.6 Å². The molecule has 0 radical (unpaired) electrons. The Balaban J connectivity index is 1.12. The van der Waals surface area contributed by atoms with E-state index in [9.17, 15) is 4.79 Å². The fourth-order valence-electron chi connectivity index (χ4n) is 5.69. The number of para-hydroxylation sites is 1. The van der Waals surface area contributed by atoms with E-state index in [4.69, 9.17) is 0 Å². The summed E-state index contributed by atoms with van der Waals surface area (Å²) in [7, 11) is 0. The Hall–Kier alpha value is -2.24. The highest BCUT2D eigenvalue weighted by Crippen LogP contribution is 2.32. The van der Waals surface area contributed by atoms with Crippen molar-refractivity contribution in [3.8, 4) is 0 Å². The summed E-state index contributed by atoms with van der Waals surface area (Å²) in [6.07, 6.45) is 8.87. The van der Waals surface area contributed by atoms with Crippen LogP contribution in [0.5, 0.6) is 0 Å². The minimum atomic E-state index is 0.287. The number of likely N-dealkylation sites (tertiary alicyclic amines) is 1. The Labute approximate surface area is 179 Å². The van der Waals surface area contributed by atoms with Crippen molar-refractivity contribution < 1.29 is 4.79 Å². The molecule has 158 valence electrons. The van der Waals surface area contributed by atoms with Crippen molar-refractivity contribution in [1.82, 2.24) is 15.2 Å². The third kappa shape index (κ3) is 4.28. The second kappa shape index (κ2) is 8.86. The predicted molar refractivity (Wildman–Crippen MR) is 119 cm³/mol. The topological polar surface area (TPSA) is 48.5 Å². The summed E-state index contributed by atoms with van der Waals surface area (Å²) >= 11 is 0. The number of carbonyl (C=O) groups excluding carboxylic acids is 1. The van der Waals surface area contributed by atoms with Crippen LogP contribution in [0, 0.1) is 11.8 Å². The van der Waals surface area contributed by atoms with Crippen LogP contribution < -0.4 is 10.2 Å². The number of amides is 1. The lowest BCUT2D eigenvalue weighted by atomic mass is 9.79. The lowest BCUT2D eigenvalue weighted by Crippen LogP contribution is -2.55. The number of carbonyl (C=O) groups is 1. The van der Waals surface area contributed by atoms with Gasteiger partial charge in [-0.2, -0.15) is 0 Å². The molecule has 4 heterocycles. The first-order valence-electron chi connectivity index (χ1n) is 11.5. The van der Waals surface area contributed by atoms with Crippen LogP contribution in [0.25, 0.3) is 0 Å². The molecule has 0 aliphatic carbocycles. The quantitative estimate of drug-likeness (QED) is 0.803. The van der Waals surface area contributed by atoms with E-state index in [1.54, 1.807) is 0 Å². The first-order chi connectivity index (χ1) is 14.8. The highest BCUT2D eigenvalue weighted by molar-refractivity contribution is 5.95. The smallest absolute Gasteiger partial charge is 0.226 e. The van der Waals surface area contributed by atoms with Crippen LogP contribution in [0.3, 0.4) is 0 Å². The summed E-state index contributed by atoms with van der Waals surface area (Å²) in [5.74, 6) is 1.73. The van der Waals surface area contributed by atoms with E-state index in [1.165, 1.54) is 24.1 Å². The van der Waals surface area contributed by atoms with Crippen LogP contribution in [-0.2, 0) is 17.8 Å². The molecule has 5 nitrogen and oxygen atoms in total. The Bertz CT molecular complexity index is 870. The number of nitrogens with one attached hydrogen (secondary N) is 1. The highest BCUT2D eigenvalue weighted by Gasteiger charge is 2.36. The van der Waals surface area contributed by atoms with Crippen LogP contribution >= 0.6 is 0 Å². The standard InChI is InChI=1S/C25H32N4O/c30-25(29-12-10-21-6-1-2-8-24(21)29)9-3-7-23-22-13-20(15-27-23)17-28(18-22)16-19-5-4-11-26-14-19/h1-2,4-6,8,11,14,20,22-23,27H,3,7,9-10,12-13,15-18H2/t20-,22+,23+/m0/s1. The maximum Gasteiger partial charge on any atom is 0.226 e. The molecule has 2 bridgehead atoms. The number of fused-ring (bicyclic) bond motifs is 3. The second-order valence-electron chi connectivity index (χ2n) is 9.25. The van der Waals surface area contributed by atoms with Crippen molar-refractivity contribution in [2.45, 2.75) is 44.7 Å². The van der Waals surface area contributed by atoms with Gasteiger partial charge in [0.05, 0.1) is 0 Å². The third-order valence-electron chi connectivity index (χ3n) is 7.11. The van der Waals surface area contributed by atoms with E-state index in [0.29, 0.717) is 18.4 Å². The molecule has 1 N–H and O–H groups in total. The SMILES string of the molecule is O=C(CCC[C@H]1NC[C@@H]2C[C@@H]1CN(Cc1cccnc1)C2)N1CCc2ccccc21. The molecule has 1 aromatic heterocycles. The van der Waals surface area contributed by atoms with Crippen LogP contribution in [0.1, 0.15) is 36.8 Å². The lowest BCUT2D eigenvalue weighted by molar-refractivity contribution is -0.118. The summed E-state index contributed by atoms with van der Waals surface area (Å²) in [6.45, 7) is 5.28. The molecule has 3 aliphatic heterocycles. The van der Waals surface area contributed by atoms with E-state index in [2.05, 4.69) is 39.5 Å². The molecule has 0 unspecified atom stereocenters. The molecule has 3 atom stereocenters. The summed E-state index contributed by atoms with van der Waals surface area (Å²) in [6, 6.07) is 13.1. The molecule has 0 saturated carbocycles. The van der Waals surface area contributed by atoms with E-state index < -0.39 is 0 Å². The lowest BCUT2D eigenvalue weighted by Gasteiger charge is -2.46. The monoisotopic (exact) mass is 404 g/mol. The fraction of sp³-hybridized carbons (Fsp3) is 0.520. The molecule has 1 aromatic carbocycles. The van der Waals surface area contributed by atoms with E-state index in [1.807, 2.05) is 29.4 Å². The molecular weight excluding hydrogens is 372 g/mol. The van der Waals surface area contributed by atoms with Crippen molar-refractivity contribution in [2.24, 2.45) is 11.8 Å². The van der Waals surface area contributed by atoms with Crippen LogP contribution in [-0.4, -0.2) is 48.0 Å². The number of rotatable bonds is 6. The van der Waals surface area contributed by atoms with Gasteiger partial charge in [-0.25, -0.2) is 0 Å². The number of anilines is 1. The van der Waals surface area contributed by atoms with Gasteiger partial charge in [-0.05, 0) is 67.3 Å². The summed E-state index contributed by atoms with van der Waals surface area (Å²) < 4.78 is 0. The zero-order chi connectivity index (χ0) is 20.3. The molecule has 0 spiro atoms. The predicted octanol–water partition coefficient (Wildman–Crippen LogP) is 3.25. The van der Waals surface area contributed by atoms with Gasteiger partial charge < -0.3 is 10.2 Å². The zero-order valence-electron chi connectivity index (χ0n) is 17.7. The number of pyridine rings is 1. The second-order valence-corrected chi connectivity index (χ2v) is 9.25. The summed E-state index contributed by atoms with van der Waals surface area (Å²) in [5, 5.41) is 3.80. The largest absolute Gasteiger partial charge is 0.313 e. The average molecular weight is 405 g/mol. The van der Waals surface area contributed by atoms with Crippen molar-refractivity contribution in [3.05, 3.63) is 59.9 Å². The first-order valence-corrected chi connectivity index (χ1v) is 11.5. The number of benzene rings is 1. The van der Waals surface area contributed by atoms with Gasteiger partial charge in [0.15, 0.2) is 0 Å². The maximum atomic E-state index is 12.8. The van der Waals surface area contributed by atoms with Gasteiger partial charge in [0.2, 0.25) is 5.91 Å². The van der Waals surface area contributed by atoms with Crippen molar-refractivity contribution in [1.29, 1.82) is 0 Å². The molecule has 1 amide bonds. The molecule has 5 heteroatoms. The van der Waals surface area contributed by atoms with Crippen LogP contribution in [0.2, 0.25) is 0 Å². The number of aromatic nitrogens is 1. The summed E-state index contributed by atoms with van der Waals surface area (Å²) in [5.41, 5.74) is 3.74. The number of hydrogen-bond acceptors (Lipinski definition) is 4. The van der Waals surface area contributed by atoms with Gasteiger partial charge in [-0.1, -0.05) is 24.3 Å². The molecule has 3 aliphatic rings.